The highest BCUT2D eigenvalue weighted by molar-refractivity contribution is 6.34. The Morgan fingerprint density at radius 1 is 1.00 bits per heavy atom. The third kappa shape index (κ3) is 3.88. The fraction of sp³-hybridized carbons (Fsp3) is 0.0556. The largest absolute Gasteiger partial charge is 0.438 e. The van der Waals surface area contributed by atoms with E-state index in [1.54, 1.807) is 54.6 Å². The Balaban J connectivity index is 1.67. The molecule has 0 aliphatic heterocycles. The lowest BCUT2D eigenvalue weighted by Gasteiger charge is -2.08. The zero-order chi connectivity index (χ0) is 16.9. The molecule has 24 heavy (non-hydrogen) atoms. The number of anilines is 1. The van der Waals surface area contributed by atoms with Crippen molar-refractivity contribution < 1.29 is 9.53 Å². The maximum absolute atomic E-state index is 12.2. The van der Waals surface area contributed by atoms with Crippen LogP contribution in [0.1, 0.15) is 16.1 Å². The Kier molecular flexibility index (Phi) is 4.72. The summed E-state index contributed by atoms with van der Waals surface area (Å²) in [7, 11) is 0. The van der Waals surface area contributed by atoms with Crippen LogP contribution in [-0.2, 0) is 0 Å². The van der Waals surface area contributed by atoms with Gasteiger partial charge in [0.1, 0.15) is 5.75 Å². The molecule has 3 rings (SSSR count). The van der Waals surface area contributed by atoms with Crippen LogP contribution in [0.2, 0.25) is 5.02 Å². The predicted octanol–water partition coefficient (Wildman–Crippen LogP) is 4.48. The van der Waals surface area contributed by atoms with Crippen molar-refractivity contribution in [3.63, 3.8) is 0 Å². The minimum atomic E-state index is -0.265. The average Bonchev–Trinajstić information content (AvgIpc) is 2.59. The van der Waals surface area contributed by atoms with Crippen LogP contribution in [-0.4, -0.2) is 16.1 Å². The summed E-state index contributed by atoms with van der Waals surface area (Å²) in [5.74, 6) is 0.746. The lowest BCUT2D eigenvalue weighted by atomic mass is 10.2. The second-order valence-corrected chi connectivity index (χ2v) is 5.48. The third-order valence-corrected chi connectivity index (χ3v) is 3.56. The Morgan fingerprint density at radius 3 is 2.42 bits per heavy atom. The molecule has 0 bridgehead atoms. The van der Waals surface area contributed by atoms with Crippen molar-refractivity contribution in [2.24, 2.45) is 0 Å². The summed E-state index contributed by atoms with van der Waals surface area (Å²) in [6.07, 6.45) is 0. The highest BCUT2D eigenvalue weighted by Crippen LogP contribution is 2.22. The molecular weight excluding hydrogens is 326 g/mol. The third-order valence-electron chi connectivity index (χ3n) is 3.23. The van der Waals surface area contributed by atoms with Crippen molar-refractivity contribution in [2.45, 2.75) is 6.92 Å². The van der Waals surface area contributed by atoms with Crippen LogP contribution in [0.3, 0.4) is 0 Å². The van der Waals surface area contributed by atoms with Gasteiger partial charge in [0.05, 0.1) is 16.3 Å². The summed E-state index contributed by atoms with van der Waals surface area (Å²) in [4.78, 5) is 12.2. The van der Waals surface area contributed by atoms with Gasteiger partial charge in [0.15, 0.2) is 0 Å². The van der Waals surface area contributed by atoms with E-state index in [9.17, 15) is 4.79 Å². The van der Waals surface area contributed by atoms with E-state index < -0.39 is 0 Å². The molecular formula is C18H14ClN3O2. The zero-order valence-electron chi connectivity index (χ0n) is 12.9. The van der Waals surface area contributed by atoms with Crippen LogP contribution >= 0.6 is 11.6 Å². The van der Waals surface area contributed by atoms with Gasteiger partial charge in [0.2, 0.25) is 5.88 Å². The number of amides is 1. The van der Waals surface area contributed by atoms with Crippen molar-refractivity contribution in [3.8, 4) is 11.6 Å². The first-order valence-electron chi connectivity index (χ1n) is 7.26. The molecule has 1 aromatic heterocycles. The second kappa shape index (κ2) is 7.10. The molecule has 0 saturated heterocycles. The molecule has 0 unspecified atom stereocenters. The highest BCUT2D eigenvalue weighted by atomic mass is 35.5. The van der Waals surface area contributed by atoms with Crippen molar-refractivity contribution in [1.29, 1.82) is 0 Å². The summed E-state index contributed by atoms with van der Waals surface area (Å²) in [5.41, 5.74) is 1.89. The molecule has 0 aliphatic carbocycles. The van der Waals surface area contributed by atoms with E-state index in [4.69, 9.17) is 16.3 Å². The predicted molar refractivity (Wildman–Crippen MR) is 92.7 cm³/mol. The van der Waals surface area contributed by atoms with Gasteiger partial charge in [-0.25, -0.2) is 0 Å². The van der Waals surface area contributed by atoms with Gasteiger partial charge in [0.25, 0.3) is 5.91 Å². The van der Waals surface area contributed by atoms with E-state index in [2.05, 4.69) is 15.5 Å². The lowest BCUT2D eigenvalue weighted by Crippen LogP contribution is -2.12. The van der Waals surface area contributed by atoms with E-state index in [0.29, 0.717) is 27.9 Å². The number of rotatable bonds is 4. The molecule has 1 N–H and O–H groups in total. The van der Waals surface area contributed by atoms with Gasteiger partial charge < -0.3 is 10.1 Å². The van der Waals surface area contributed by atoms with Gasteiger partial charge in [-0.05, 0) is 49.4 Å². The first-order chi connectivity index (χ1) is 11.6. The van der Waals surface area contributed by atoms with E-state index in [-0.39, 0.29) is 5.91 Å². The molecule has 0 aliphatic rings. The smallest absolute Gasteiger partial charge is 0.257 e. The molecule has 3 aromatic rings. The number of hydrogen-bond donors (Lipinski definition) is 1. The number of nitrogens with zero attached hydrogens (tertiary/aromatic N) is 2. The van der Waals surface area contributed by atoms with Crippen LogP contribution in [0.15, 0.2) is 60.7 Å². The SMILES string of the molecule is Cc1ccc(Oc2ccc(NC(=O)c3ccccc3Cl)cc2)nn1. The summed E-state index contributed by atoms with van der Waals surface area (Å²) in [6, 6.07) is 17.4. The number of nitrogens with one attached hydrogen (secondary N) is 1. The van der Waals surface area contributed by atoms with Crippen molar-refractivity contribution in [1.82, 2.24) is 10.2 Å². The van der Waals surface area contributed by atoms with Gasteiger partial charge in [0, 0.05) is 11.8 Å². The normalized spacial score (nSPS) is 10.2. The van der Waals surface area contributed by atoms with Crippen LogP contribution < -0.4 is 10.1 Å². The molecule has 0 saturated carbocycles. The molecule has 0 fully saturated rings. The molecule has 5 nitrogen and oxygen atoms in total. The molecule has 0 atom stereocenters. The van der Waals surface area contributed by atoms with E-state index in [0.717, 1.165) is 5.69 Å². The highest BCUT2D eigenvalue weighted by Gasteiger charge is 2.09. The number of carbonyl (C=O) groups is 1. The monoisotopic (exact) mass is 339 g/mol. The van der Waals surface area contributed by atoms with Crippen LogP contribution in [0, 0.1) is 6.92 Å². The number of ether oxygens (including phenoxy) is 1. The Hall–Kier alpha value is -2.92. The maximum Gasteiger partial charge on any atom is 0.257 e. The van der Waals surface area contributed by atoms with Gasteiger partial charge in [-0.15, -0.1) is 5.10 Å². The Morgan fingerprint density at radius 2 is 1.75 bits per heavy atom. The van der Waals surface area contributed by atoms with Gasteiger partial charge >= 0.3 is 0 Å². The van der Waals surface area contributed by atoms with Crippen molar-refractivity contribution >= 4 is 23.2 Å². The van der Waals surface area contributed by atoms with Crippen LogP contribution in [0.25, 0.3) is 0 Å². The van der Waals surface area contributed by atoms with Crippen LogP contribution in [0.4, 0.5) is 5.69 Å². The van der Waals surface area contributed by atoms with Gasteiger partial charge in [-0.3, -0.25) is 4.79 Å². The number of aryl methyl sites for hydroxylation is 1. The molecule has 1 heterocycles. The van der Waals surface area contributed by atoms with E-state index in [1.807, 2.05) is 13.0 Å². The minimum absolute atomic E-state index is 0.265. The molecule has 1 amide bonds. The van der Waals surface area contributed by atoms with Crippen molar-refractivity contribution in [2.75, 3.05) is 5.32 Å². The molecule has 0 radical (unpaired) electrons. The zero-order valence-corrected chi connectivity index (χ0v) is 13.6. The fourth-order valence-electron chi connectivity index (χ4n) is 2.01. The second-order valence-electron chi connectivity index (χ2n) is 5.07. The quantitative estimate of drug-likeness (QED) is 0.761. The first kappa shape index (κ1) is 16.0. The Bertz CT molecular complexity index is 849. The minimum Gasteiger partial charge on any atom is -0.438 e. The average molecular weight is 340 g/mol. The van der Waals surface area contributed by atoms with E-state index in [1.165, 1.54) is 0 Å². The molecule has 6 heteroatoms. The first-order valence-corrected chi connectivity index (χ1v) is 7.64. The number of benzene rings is 2. The Labute approximate surface area is 144 Å². The van der Waals surface area contributed by atoms with E-state index >= 15 is 0 Å². The summed E-state index contributed by atoms with van der Waals surface area (Å²) in [5, 5.41) is 11.1. The van der Waals surface area contributed by atoms with Crippen LogP contribution in [0.5, 0.6) is 11.6 Å². The van der Waals surface area contributed by atoms with Gasteiger partial charge in [-0.2, -0.15) is 5.10 Å². The molecule has 0 spiro atoms. The summed E-state index contributed by atoms with van der Waals surface area (Å²) in [6.45, 7) is 1.85. The number of carbonyl (C=O) groups excluding carboxylic acids is 1. The fourth-order valence-corrected chi connectivity index (χ4v) is 2.23. The maximum atomic E-state index is 12.2. The van der Waals surface area contributed by atoms with Crippen molar-refractivity contribution in [3.05, 3.63) is 76.9 Å². The van der Waals surface area contributed by atoms with Gasteiger partial charge in [-0.1, -0.05) is 23.7 Å². The summed E-state index contributed by atoms with van der Waals surface area (Å²) >= 11 is 6.02. The molecule has 2 aromatic carbocycles. The number of halogens is 1. The lowest BCUT2D eigenvalue weighted by molar-refractivity contribution is 0.102. The standard InChI is InChI=1S/C18H14ClN3O2/c1-12-6-11-17(22-21-12)24-14-9-7-13(8-10-14)20-18(23)15-4-2-3-5-16(15)19/h2-11H,1H3,(H,20,23). The topological polar surface area (TPSA) is 64.1 Å². The molecule has 120 valence electrons. The number of aromatic nitrogens is 2. The summed E-state index contributed by atoms with van der Waals surface area (Å²) < 4.78 is 5.59. The number of hydrogen-bond acceptors (Lipinski definition) is 4.